The topological polar surface area (TPSA) is 96.5 Å². The highest BCUT2D eigenvalue weighted by Crippen LogP contribution is 2.25. The number of carbonyl (C=O) groups is 1. The van der Waals surface area contributed by atoms with Gasteiger partial charge in [0.05, 0.1) is 21.9 Å². The van der Waals surface area contributed by atoms with Crippen molar-refractivity contribution >= 4 is 35.0 Å². The van der Waals surface area contributed by atoms with Crippen LogP contribution in [0, 0.1) is 11.3 Å². The fourth-order valence-corrected chi connectivity index (χ4v) is 2.87. The molecule has 0 aliphatic heterocycles. The molecule has 1 aromatic heterocycles. The Balaban J connectivity index is 2.04. The van der Waals surface area contributed by atoms with Gasteiger partial charge in [0.15, 0.2) is 0 Å². The third kappa shape index (κ3) is 4.21. The second-order valence-corrected chi connectivity index (χ2v) is 6.77. The molecule has 0 aliphatic rings. The first-order valence-corrected chi connectivity index (χ1v) is 8.13. The Morgan fingerprint density at radius 3 is 2.78 bits per heavy atom. The minimum atomic E-state index is -0.395. The molecule has 1 atom stereocenters. The van der Waals surface area contributed by atoms with Crippen molar-refractivity contribution < 1.29 is 4.79 Å². The van der Waals surface area contributed by atoms with Crippen LogP contribution in [0.4, 0.5) is 5.69 Å². The maximum atomic E-state index is 12.3. The van der Waals surface area contributed by atoms with E-state index in [0.29, 0.717) is 21.4 Å². The number of carbonyl (C=O) groups excluding carboxylic acids is 1. The van der Waals surface area contributed by atoms with E-state index in [4.69, 9.17) is 16.9 Å². The van der Waals surface area contributed by atoms with Crippen molar-refractivity contribution in [1.29, 1.82) is 5.26 Å². The van der Waals surface area contributed by atoms with Gasteiger partial charge in [0, 0.05) is 5.69 Å². The van der Waals surface area contributed by atoms with Gasteiger partial charge in [-0.05, 0) is 49.4 Å². The van der Waals surface area contributed by atoms with Gasteiger partial charge < -0.3 is 5.32 Å². The van der Waals surface area contributed by atoms with Gasteiger partial charge in [0.25, 0.3) is 0 Å². The summed E-state index contributed by atoms with van der Waals surface area (Å²) in [6.07, 6.45) is 0. The third-order valence-electron chi connectivity index (χ3n) is 2.96. The van der Waals surface area contributed by atoms with Crippen LogP contribution in [0.25, 0.3) is 0 Å². The lowest BCUT2D eigenvalue weighted by Gasteiger charge is -2.13. The highest BCUT2D eigenvalue weighted by Gasteiger charge is 2.19. The molecule has 2 rings (SSSR count). The van der Waals surface area contributed by atoms with Gasteiger partial charge in [-0.1, -0.05) is 23.4 Å². The summed E-state index contributed by atoms with van der Waals surface area (Å²) in [5.41, 5.74) is 0.901. The zero-order chi connectivity index (χ0) is 17.0. The van der Waals surface area contributed by atoms with E-state index in [1.54, 1.807) is 29.8 Å². The van der Waals surface area contributed by atoms with Crippen molar-refractivity contribution in [1.82, 2.24) is 20.2 Å². The molecule has 0 saturated heterocycles. The average molecular weight is 351 g/mol. The maximum Gasteiger partial charge on any atom is 0.237 e. The molecular formula is C14H15ClN6OS. The van der Waals surface area contributed by atoms with E-state index < -0.39 is 5.25 Å². The summed E-state index contributed by atoms with van der Waals surface area (Å²) in [5, 5.41) is 23.6. The number of nitriles is 1. The van der Waals surface area contributed by atoms with Crippen LogP contribution < -0.4 is 5.32 Å². The molecule has 23 heavy (non-hydrogen) atoms. The van der Waals surface area contributed by atoms with E-state index in [2.05, 4.69) is 20.8 Å². The lowest BCUT2D eigenvalue weighted by Crippen LogP contribution is -2.23. The molecule has 1 amide bonds. The first-order chi connectivity index (χ1) is 10.9. The summed E-state index contributed by atoms with van der Waals surface area (Å²) < 4.78 is 1.66. The number of rotatable bonds is 5. The number of thioether (sulfide) groups is 1. The van der Waals surface area contributed by atoms with Gasteiger partial charge in [0.1, 0.15) is 6.07 Å². The lowest BCUT2D eigenvalue weighted by molar-refractivity contribution is -0.115. The summed E-state index contributed by atoms with van der Waals surface area (Å²) in [5.74, 6) is -0.200. The molecule has 2 aromatic rings. The molecule has 0 bridgehead atoms. The van der Waals surface area contributed by atoms with Crippen molar-refractivity contribution in [2.45, 2.75) is 37.2 Å². The maximum absolute atomic E-state index is 12.3. The molecule has 7 nitrogen and oxygen atoms in total. The predicted octanol–water partition coefficient (Wildman–Crippen LogP) is 2.90. The highest BCUT2D eigenvalue weighted by molar-refractivity contribution is 8.00. The van der Waals surface area contributed by atoms with E-state index in [-0.39, 0.29) is 11.9 Å². The Bertz CT molecular complexity index is 754. The van der Waals surface area contributed by atoms with Crippen molar-refractivity contribution in [3.8, 4) is 6.07 Å². The number of tetrazole rings is 1. The Hall–Kier alpha value is -2.11. The molecule has 1 unspecified atom stereocenters. The lowest BCUT2D eigenvalue weighted by atomic mass is 10.2. The van der Waals surface area contributed by atoms with Gasteiger partial charge in [-0.2, -0.15) is 5.26 Å². The number of hydrogen-bond acceptors (Lipinski definition) is 6. The smallest absolute Gasteiger partial charge is 0.237 e. The number of nitrogens with zero attached hydrogens (tertiary/aromatic N) is 5. The minimum absolute atomic E-state index is 0.111. The molecule has 0 spiro atoms. The third-order valence-corrected chi connectivity index (χ3v) is 4.32. The summed E-state index contributed by atoms with van der Waals surface area (Å²) in [6, 6.07) is 6.83. The second-order valence-electron chi connectivity index (χ2n) is 5.06. The standard InChI is InChI=1S/C14H15ClN6OS/c1-8(2)21-14(18-19-20-21)23-9(3)13(22)17-11-5-4-10(7-16)12(15)6-11/h4-6,8-9H,1-3H3,(H,17,22). The molecule has 9 heteroatoms. The van der Waals surface area contributed by atoms with Crippen LogP contribution in [0.15, 0.2) is 23.4 Å². The van der Waals surface area contributed by atoms with Crippen molar-refractivity contribution in [3.63, 3.8) is 0 Å². The fourth-order valence-electron chi connectivity index (χ4n) is 1.73. The van der Waals surface area contributed by atoms with Crippen LogP contribution in [0.5, 0.6) is 0 Å². The molecule has 1 N–H and O–H groups in total. The van der Waals surface area contributed by atoms with Crippen LogP contribution in [0.3, 0.4) is 0 Å². The number of aromatic nitrogens is 4. The first-order valence-electron chi connectivity index (χ1n) is 6.87. The van der Waals surface area contributed by atoms with Crippen LogP contribution in [-0.4, -0.2) is 31.4 Å². The molecule has 0 radical (unpaired) electrons. The van der Waals surface area contributed by atoms with E-state index in [0.717, 1.165) is 0 Å². The van der Waals surface area contributed by atoms with Gasteiger partial charge in [0.2, 0.25) is 11.1 Å². The number of benzene rings is 1. The molecule has 0 aliphatic carbocycles. The van der Waals surface area contributed by atoms with Gasteiger partial charge in [-0.15, -0.1) is 5.10 Å². The molecule has 1 heterocycles. The molecule has 0 saturated carbocycles. The highest BCUT2D eigenvalue weighted by atomic mass is 35.5. The number of amides is 1. The monoisotopic (exact) mass is 350 g/mol. The Morgan fingerprint density at radius 1 is 1.43 bits per heavy atom. The number of nitrogens with one attached hydrogen (secondary N) is 1. The van der Waals surface area contributed by atoms with Crippen LogP contribution >= 0.6 is 23.4 Å². The Morgan fingerprint density at radius 2 is 2.17 bits per heavy atom. The number of hydrogen-bond donors (Lipinski definition) is 1. The molecular weight excluding hydrogens is 336 g/mol. The second kappa shape index (κ2) is 7.44. The van der Waals surface area contributed by atoms with Crippen LogP contribution in [0.2, 0.25) is 5.02 Å². The van der Waals surface area contributed by atoms with Crippen LogP contribution in [-0.2, 0) is 4.79 Å². The summed E-state index contributed by atoms with van der Waals surface area (Å²) in [7, 11) is 0. The van der Waals surface area contributed by atoms with E-state index in [1.165, 1.54) is 11.8 Å². The normalized spacial score (nSPS) is 12.0. The van der Waals surface area contributed by atoms with Crippen LogP contribution in [0.1, 0.15) is 32.4 Å². The molecule has 1 aromatic carbocycles. The van der Waals surface area contributed by atoms with E-state index >= 15 is 0 Å². The Kier molecular flexibility index (Phi) is 5.58. The molecule has 0 fully saturated rings. The van der Waals surface area contributed by atoms with Gasteiger partial charge in [-0.25, -0.2) is 4.68 Å². The molecule has 120 valence electrons. The van der Waals surface area contributed by atoms with Gasteiger partial charge >= 0.3 is 0 Å². The summed E-state index contributed by atoms with van der Waals surface area (Å²) >= 11 is 7.23. The van der Waals surface area contributed by atoms with Crippen molar-refractivity contribution in [2.24, 2.45) is 0 Å². The van der Waals surface area contributed by atoms with Crippen molar-refractivity contribution in [2.75, 3.05) is 5.32 Å². The quantitative estimate of drug-likeness (QED) is 0.833. The SMILES string of the molecule is CC(Sc1nnnn1C(C)C)C(=O)Nc1ccc(C#N)c(Cl)c1. The largest absolute Gasteiger partial charge is 0.325 e. The summed E-state index contributed by atoms with van der Waals surface area (Å²) in [4.78, 5) is 12.3. The van der Waals surface area contributed by atoms with E-state index in [9.17, 15) is 4.79 Å². The minimum Gasteiger partial charge on any atom is -0.325 e. The zero-order valence-corrected chi connectivity index (χ0v) is 14.4. The first kappa shape index (κ1) is 17.2. The summed E-state index contributed by atoms with van der Waals surface area (Å²) in [6.45, 7) is 5.69. The Labute approximate surface area is 143 Å². The van der Waals surface area contributed by atoms with Gasteiger partial charge in [-0.3, -0.25) is 4.79 Å². The van der Waals surface area contributed by atoms with Crippen molar-refractivity contribution in [3.05, 3.63) is 28.8 Å². The fraction of sp³-hybridized carbons (Fsp3) is 0.357. The number of halogens is 1. The predicted molar refractivity (Wildman–Crippen MR) is 88.3 cm³/mol. The number of anilines is 1. The zero-order valence-electron chi connectivity index (χ0n) is 12.8. The van der Waals surface area contributed by atoms with E-state index in [1.807, 2.05) is 19.9 Å². The average Bonchev–Trinajstić information content (AvgIpc) is 2.95.